The first-order valence-corrected chi connectivity index (χ1v) is 4.43. The average Bonchev–Trinajstić information content (AvgIpc) is 2.45. The van der Waals surface area contributed by atoms with Gasteiger partial charge in [0.05, 0.1) is 0 Å². The molecule has 0 aromatic heterocycles. The molecule has 0 heterocycles. The summed E-state index contributed by atoms with van der Waals surface area (Å²) in [5.41, 5.74) is 0. The van der Waals surface area contributed by atoms with Crippen molar-refractivity contribution in [2.24, 2.45) is 17.8 Å². The lowest BCUT2D eigenvalue weighted by atomic mass is 9.89. The predicted molar refractivity (Wildman–Crippen MR) is 44.1 cm³/mol. The van der Waals surface area contributed by atoms with E-state index in [-0.39, 0.29) is 0 Å². The molecule has 1 saturated carbocycles. The minimum Gasteiger partial charge on any atom is -0.300 e. The summed E-state index contributed by atoms with van der Waals surface area (Å²) in [6.07, 6.45) is 8.02. The van der Waals surface area contributed by atoms with E-state index in [2.05, 4.69) is 12.2 Å². The highest BCUT2D eigenvalue weighted by Crippen LogP contribution is 2.44. The molecule has 3 atom stereocenters. The van der Waals surface area contributed by atoms with Gasteiger partial charge in [-0.15, -0.1) is 0 Å². The number of carbonyl (C=O) groups is 1. The van der Waals surface area contributed by atoms with Crippen LogP contribution in [0, 0.1) is 17.8 Å². The lowest BCUT2D eigenvalue weighted by Gasteiger charge is -2.15. The molecule has 2 rings (SSSR count). The Kier molecular flexibility index (Phi) is 1.59. The summed E-state index contributed by atoms with van der Waals surface area (Å²) in [7, 11) is 0. The summed E-state index contributed by atoms with van der Waals surface area (Å²) in [4.78, 5) is 10.9. The van der Waals surface area contributed by atoms with E-state index < -0.39 is 0 Å². The minimum absolute atomic E-state index is 0.357. The number of carbonyl (C=O) groups excluding carboxylic acids is 1. The molecule has 0 unspecified atom stereocenters. The molecule has 0 radical (unpaired) electrons. The Morgan fingerprint density at radius 1 is 1.45 bits per heavy atom. The summed E-state index contributed by atoms with van der Waals surface area (Å²) >= 11 is 0. The average molecular weight is 150 g/mol. The van der Waals surface area contributed by atoms with E-state index in [0.29, 0.717) is 11.7 Å². The molecule has 2 aliphatic carbocycles. The molecular weight excluding hydrogens is 136 g/mol. The van der Waals surface area contributed by atoms with Gasteiger partial charge in [0, 0.05) is 6.42 Å². The molecule has 0 aliphatic heterocycles. The van der Waals surface area contributed by atoms with Gasteiger partial charge in [0.25, 0.3) is 0 Å². The highest BCUT2D eigenvalue weighted by atomic mass is 16.1. The topological polar surface area (TPSA) is 17.1 Å². The molecule has 0 spiro atoms. The van der Waals surface area contributed by atoms with Gasteiger partial charge in [0.15, 0.2) is 0 Å². The first kappa shape index (κ1) is 7.08. The van der Waals surface area contributed by atoms with E-state index >= 15 is 0 Å². The van der Waals surface area contributed by atoms with Crippen LogP contribution in [-0.2, 0) is 4.79 Å². The summed E-state index contributed by atoms with van der Waals surface area (Å²) in [5, 5.41) is 0. The number of hydrogen-bond acceptors (Lipinski definition) is 1. The van der Waals surface area contributed by atoms with Gasteiger partial charge in [0.2, 0.25) is 0 Å². The lowest BCUT2D eigenvalue weighted by Crippen LogP contribution is -2.10. The standard InChI is InChI=1S/C10H14O/c1-7(11)4-10-6-8-2-3-9(10)5-8/h2-3,8-10H,4-6H2,1H3/t8-,9-,10+/m0/s1. The molecule has 2 bridgehead atoms. The number of fused-ring (bicyclic) bond motifs is 2. The maximum Gasteiger partial charge on any atom is 0.130 e. The third-order valence-corrected chi connectivity index (χ3v) is 2.97. The molecule has 11 heavy (non-hydrogen) atoms. The summed E-state index contributed by atoms with van der Waals surface area (Å²) < 4.78 is 0. The van der Waals surface area contributed by atoms with Crippen LogP contribution in [0.15, 0.2) is 12.2 Å². The van der Waals surface area contributed by atoms with Gasteiger partial charge < -0.3 is 4.79 Å². The molecule has 1 heteroatoms. The van der Waals surface area contributed by atoms with Gasteiger partial charge in [-0.05, 0) is 37.5 Å². The van der Waals surface area contributed by atoms with E-state index in [9.17, 15) is 4.79 Å². The Hall–Kier alpha value is -0.590. The zero-order valence-electron chi connectivity index (χ0n) is 6.92. The van der Waals surface area contributed by atoms with Crippen LogP contribution in [0.2, 0.25) is 0 Å². The number of hydrogen-bond donors (Lipinski definition) is 0. The van der Waals surface area contributed by atoms with Crippen molar-refractivity contribution in [1.29, 1.82) is 0 Å². The van der Waals surface area contributed by atoms with Crippen molar-refractivity contribution >= 4 is 5.78 Å². The highest BCUT2D eigenvalue weighted by Gasteiger charge is 2.35. The van der Waals surface area contributed by atoms with Crippen LogP contribution in [0.25, 0.3) is 0 Å². The second kappa shape index (κ2) is 2.47. The predicted octanol–water partition coefficient (Wildman–Crippen LogP) is 2.18. The molecule has 0 saturated heterocycles. The zero-order chi connectivity index (χ0) is 7.84. The van der Waals surface area contributed by atoms with Crippen LogP contribution in [0.3, 0.4) is 0 Å². The third kappa shape index (κ3) is 1.24. The van der Waals surface area contributed by atoms with Crippen LogP contribution in [0.5, 0.6) is 0 Å². The fraction of sp³-hybridized carbons (Fsp3) is 0.700. The second-order valence-corrected chi connectivity index (χ2v) is 3.95. The Labute approximate surface area is 67.5 Å². The smallest absolute Gasteiger partial charge is 0.130 e. The van der Waals surface area contributed by atoms with Crippen LogP contribution in [-0.4, -0.2) is 5.78 Å². The first-order chi connectivity index (χ1) is 5.25. The van der Waals surface area contributed by atoms with E-state index in [1.165, 1.54) is 12.8 Å². The molecule has 1 nitrogen and oxygen atoms in total. The summed E-state index contributed by atoms with van der Waals surface area (Å²) in [6.45, 7) is 1.70. The summed E-state index contributed by atoms with van der Waals surface area (Å²) in [6, 6.07) is 0. The van der Waals surface area contributed by atoms with Crippen LogP contribution in [0.1, 0.15) is 26.2 Å². The molecule has 1 fully saturated rings. The maximum absolute atomic E-state index is 10.9. The molecule has 60 valence electrons. The number of ketones is 1. The van der Waals surface area contributed by atoms with Gasteiger partial charge >= 0.3 is 0 Å². The molecule has 2 aliphatic rings. The minimum atomic E-state index is 0.357. The van der Waals surface area contributed by atoms with Crippen molar-refractivity contribution in [2.75, 3.05) is 0 Å². The largest absolute Gasteiger partial charge is 0.300 e. The Morgan fingerprint density at radius 3 is 2.73 bits per heavy atom. The SMILES string of the molecule is CC(=O)C[C@@H]1C[C@H]2C=C[C@H]1C2. The number of rotatable bonds is 2. The first-order valence-electron chi connectivity index (χ1n) is 4.43. The number of allylic oxidation sites excluding steroid dienone is 2. The third-order valence-electron chi connectivity index (χ3n) is 2.97. The quantitative estimate of drug-likeness (QED) is 0.551. The monoisotopic (exact) mass is 150 g/mol. The van der Waals surface area contributed by atoms with Crippen LogP contribution >= 0.6 is 0 Å². The second-order valence-electron chi connectivity index (χ2n) is 3.95. The Bertz CT molecular complexity index is 205. The number of Topliss-reactive ketones (excluding diaryl/α,β-unsaturated/α-hetero) is 1. The molecule has 0 aromatic rings. The van der Waals surface area contributed by atoms with Crippen LogP contribution in [0.4, 0.5) is 0 Å². The van der Waals surface area contributed by atoms with Gasteiger partial charge in [-0.2, -0.15) is 0 Å². The zero-order valence-corrected chi connectivity index (χ0v) is 6.92. The van der Waals surface area contributed by atoms with Gasteiger partial charge in [0.1, 0.15) is 5.78 Å². The fourth-order valence-electron chi connectivity index (χ4n) is 2.50. The van der Waals surface area contributed by atoms with Crippen molar-refractivity contribution in [2.45, 2.75) is 26.2 Å². The fourth-order valence-corrected chi connectivity index (χ4v) is 2.50. The van der Waals surface area contributed by atoms with E-state index in [4.69, 9.17) is 0 Å². The Balaban J connectivity index is 1.98. The van der Waals surface area contributed by atoms with Crippen molar-refractivity contribution in [1.82, 2.24) is 0 Å². The van der Waals surface area contributed by atoms with Crippen molar-refractivity contribution in [3.05, 3.63) is 12.2 Å². The Morgan fingerprint density at radius 2 is 2.27 bits per heavy atom. The highest BCUT2D eigenvalue weighted by molar-refractivity contribution is 5.75. The molecule has 0 N–H and O–H groups in total. The van der Waals surface area contributed by atoms with Crippen LogP contribution < -0.4 is 0 Å². The molecular formula is C10H14O. The molecule has 0 amide bonds. The van der Waals surface area contributed by atoms with E-state index in [1.54, 1.807) is 6.92 Å². The normalized spacial score (nSPS) is 39.9. The van der Waals surface area contributed by atoms with Gasteiger partial charge in [-0.25, -0.2) is 0 Å². The van der Waals surface area contributed by atoms with Gasteiger partial charge in [-0.1, -0.05) is 12.2 Å². The van der Waals surface area contributed by atoms with Crippen molar-refractivity contribution in [3.8, 4) is 0 Å². The summed E-state index contributed by atoms with van der Waals surface area (Å²) in [5.74, 6) is 2.59. The molecule has 0 aromatic carbocycles. The van der Waals surface area contributed by atoms with E-state index in [1.807, 2.05) is 0 Å². The van der Waals surface area contributed by atoms with E-state index in [0.717, 1.165) is 18.3 Å². The van der Waals surface area contributed by atoms with Gasteiger partial charge in [-0.3, -0.25) is 0 Å². The van der Waals surface area contributed by atoms with Crippen molar-refractivity contribution < 1.29 is 4.79 Å². The maximum atomic E-state index is 10.9. The van der Waals surface area contributed by atoms with Crippen molar-refractivity contribution in [3.63, 3.8) is 0 Å². The lowest BCUT2D eigenvalue weighted by molar-refractivity contribution is -0.118.